The largest absolute Gasteiger partial charge is 0.480 e. The van der Waals surface area contributed by atoms with Crippen molar-refractivity contribution < 1.29 is 19.4 Å². The Morgan fingerprint density at radius 3 is 2.80 bits per heavy atom. The van der Waals surface area contributed by atoms with E-state index in [4.69, 9.17) is 9.84 Å². The molecule has 3 atom stereocenters. The zero-order chi connectivity index (χ0) is 11.4. The minimum atomic E-state index is -1.02. The maximum atomic E-state index is 11.7. The highest BCUT2D eigenvalue weighted by Crippen LogP contribution is 2.23. The van der Waals surface area contributed by atoms with Gasteiger partial charge in [-0.15, -0.1) is 0 Å². The van der Waals surface area contributed by atoms with Crippen molar-refractivity contribution >= 4 is 11.9 Å². The van der Waals surface area contributed by atoms with Gasteiger partial charge in [-0.1, -0.05) is 6.92 Å². The average molecular weight is 215 g/mol. The Morgan fingerprint density at radius 2 is 2.27 bits per heavy atom. The zero-order valence-corrected chi connectivity index (χ0v) is 9.03. The highest BCUT2D eigenvalue weighted by molar-refractivity contribution is 5.85. The third-order valence-corrected chi connectivity index (χ3v) is 2.68. The van der Waals surface area contributed by atoms with Crippen LogP contribution in [-0.4, -0.2) is 35.7 Å². The molecule has 2 N–H and O–H groups in total. The molecule has 1 fully saturated rings. The number of hydrogen-bond donors (Lipinski definition) is 2. The molecule has 1 saturated heterocycles. The number of carbonyl (C=O) groups is 2. The van der Waals surface area contributed by atoms with E-state index in [1.165, 1.54) is 6.92 Å². The van der Waals surface area contributed by atoms with Crippen LogP contribution in [0.3, 0.4) is 0 Å². The summed E-state index contributed by atoms with van der Waals surface area (Å²) in [5, 5.41) is 11.1. The van der Waals surface area contributed by atoms with Gasteiger partial charge in [-0.05, 0) is 19.8 Å². The Labute approximate surface area is 88.8 Å². The maximum Gasteiger partial charge on any atom is 0.325 e. The summed E-state index contributed by atoms with van der Waals surface area (Å²) in [7, 11) is 0. The summed E-state index contributed by atoms with van der Waals surface area (Å²) >= 11 is 0. The van der Waals surface area contributed by atoms with Gasteiger partial charge in [0.2, 0.25) is 5.91 Å². The van der Waals surface area contributed by atoms with Crippen molar-refractivity contribution in [3.8, 4) is 0 Å². The quantitative estimate of drug-likeness (QED) is 0.711. The first-order chi connectivity index (χ1) is 7.06. The van der Waals surface area contributed by atoms with E-state index in [0.29, 0.717) is 13.0 Å². The molecule has 1 heterocycles. The second-order valence-corrected chi connectivity index (χ2v) is 3.78. The minimum absolute atomic E-state index is 0.0639. The topological polar surface area (TPSA) is 75.6 Å². The Morgan fingerprint density at radius 1 is 1.60 bits per heavy atom. The van der Waals surface area contributed by atoms with Gasteiger partial charge >= 0.3 is 5.97 Å². The lowest BCUT2D eigenvalue weighted by atomic mass is 9.98. The van der Waals surface area contributed by atoms with Gasteiger partial charge in [0.1, 0.15) is 6.04 Å². The second kappa shape index (κ2) is 5.11. The van der Waals surface area contributed by atoms with Crippen molar-refractivity contribution in [3.05, 3.63) is 0 Å². The first-order valence-corrected chi connectivity index (χ1v) is 5.21. The molecular formula is C10H17NO4. The average Bonchev–Trinajstić information content (AvgIpc) is 2.64. The molecule has 3 unspecified atom stereocenters. The standard InChI is InChI=1S/C10H17NO4/c1-3-8-7(4-5-15-8)9(12)11-6(2)10(13)14/h6-8H,3-5H2,1-2H3,(H,11,12)(H,13,14). The molecule has 15 heavy (non-hydrogen) atoms. The highest BCUT2D eigenvalue weighted by Gasteiger charge is 2.33. The van der Waals surface area contributed by atoms with Gasteiger partial charge in [0.25, 0.3) is 0 Å². The fourth-order valence-corrected chi connectivity index (χ4v) is 1.73. The summed E-state index contributed by atoms with van der Waals surface area (Å²) in [6, 6.07) is -0.837. The molecule has 1 aliphatic heterocycles. The van der Waals surface area contributed by atoms with E-state index in [0.717, 1.165) is 6.42 Å². The molecule has 0 spiro atoms. The van der Waals surface area contributed by atoms with Gasteiger partial charge in [-0.25, -0.2) is 0 Å². The molecule has 5 nitrogen and oxygen atoms in total. The summed E-state index contributed by atoms with van der Waals surface area (Å²) in [5.74, 6) is -1.43. The number of nitrogens with one attached hydrogen (secondary N) is 1. The first-order valence-electron chi connectivity index (χ1n) is 5.21. The molecular weight excluding hydrogens is 198 g/mol. The molecule has 0 aromatic carbocycles. The molecule has 5 heteroatoms. The lowest BCUT2D eigenvalue weighted by Gasteiger charge is -2.18. The van der Waals surface area contributed by atoms with Gasteiger partial charge in [0, 0.05) is 6.61 Å². The van der Waals surface area contributed by atoms with Crippen molar-refractivity contribution in [2.45, 2.75) is 38.8 Å². The van der Waals surface area contributed by atoms with Gasteiger partial charge in [-0.3, -0.25) is 9.59 Å². The van der Waals surface area contributed by atoms with Crippen LogP contribution in [0.4, 0.5) is 0 Å². The van der Waals surface area contributed by atoms with Crippen molar-refractivity contribution in [2.24, 2.45) is 5.92 Å². The van der Waals surface area contributed by atoms with Crippen molar-refractivity contribution in [1.29, 1.82) is 0 Å². The van der Waals surface area contributed by atoms with Crippen LogP contribution < -0.4 is 5.32 Å². The van der Waals surface area contributed by atoms with E-state index < -0.39 is 12.0 Å². The number of carboxylic acids is 1. The Kier molecular flexibility index (Phi) is 4.08. The molecule has 1 rings (SSSR count). The van der Waals surface area contributed by atoms with Crippen molar-refractivity contribution in [3.63, 3.8) is 0 Å². The Balaban J connectivity index is 2.49. The van der Waals surface area contributed by atoms with Gasteiger partial charge < -0.3 is 15.2 Å². The fraction of sp³-hybridized carbons (Fsp3) is 0.800. The van der Waals surface area contributed by atoms with Gasteiger partial charge in [-0.2, -0.15) is 0 Å². The highest BCUT2D eigenvalue weighted by atomic mass is 16.5. The molecule has 0 aliphatic carbocycles. The molecule has 86 valence electrons. The monoisotopic (exact) mass is 215 g/mol. The number of amides is 1. The van der Waals surface area contributed by atoms with E-state index in [1.54, 1.807) is 0 Å². The number of aliphatic carboxylic acids is 1. The third kappa shape index (κ3) is 2.92. The van der Waals surface area contributed by atoms with Crippen molar-refractivity contribution in [2.75, 3.05) is 6.61 Å². The smallest absolute Gasteiger partial charge is 0.325 e. The first kappa shape index (κ1) is 12.0. The lowest BCUT2D eigenvalue weighted by molar-refractivity contribution is -0.142. The van der Waals surface area contributed by atoms with Crippen LogP contribution in [0.25, 0.3) is 0 Å². The van der Waals surface area contributed by atoms with Gasteiger partial charge in [0.15, 0.2) is 0 Å². The van der Waals surface area contributed by atoms with E-state index >= 15 is 0 Å². The summed E-state index contributed by atoms with van der Waals surface area (Å²) in [5.41, 5.74) is 0. The predicted octanol–water partition coefficient (Wildman–Crippen LogP) is 0.391. The molecule has 1 amide bonds. The molecule has 0 bridgehead atoms. The summed E-state index contributed by atoms with van der Waals surface area (Å²) < 4.78 is 5.37. The maximum absolute atomic E-state index is 11.7. The van der Waals surface area contributed by atoms with Crippen LogP contribution in [-0.2, 0) is 14.3 Å². The number of ether oxygens (including phenoxy) is 1. The number of rotatable bonds is 4. The molecule has 0 saturated carbocycles. The lowest BCUT2D eigenvalue weighted by Crippen LogP contribution is -2.43. The van der Waals surface area contributed by atoms with E-state index in [1.807, 2.05) is 6.92 Å². The summed E-state index contributed by atoms with van der Waals surface area (Å²) in [6.07, 6.45) is 1.39. The van der Waals surface area contributed by atoms with Crippen LogP contribution in [0.2, 0.25) is 0 Å². The van der Waals surface area contributed by atoms with Crippen LogP contribution in [0.5, 0.6) is 0 Å². The van der Waals surface area contributed by atoms with Crippen LogP contribution in [0, 0.1) is 5.92 Å². The van der Waals surface area contributed by atoms with Crippen molar-refractivity contribution in [1.82, 2.24) is 5.32 Å². The minimum Gasteiger partial charge on any atom is -0.480 e. The molecule has 1 aliphatic rings. The number of carbonyl (C=O) groups excluding carboxylic acids is 1. The normalized spacial score (nSPS) is 27.3. The Hall–Kier alpha value is -1.10. The molecule has 0 aromatic rings. The van der Waals surface area contributed by atoms with Crippen LogP contribution in [0.1, 0.15) is 26.7 Å². The SMILES string of the molecule is CCC1OCCC1C(=O)NC(C)C(=O)O. The number of hydrogen-bond acceptors (Lipinski definition) is 3. The van der Waals surface area contributed by atoms with Crippen LogP contribution >= 0.6 is 0 Å². The Bertz CT molecular complexity index is 254. The second-order valence-electron chi connectivity index (χ2n) is 3.78. The fourth-order valence-electron chi connectivity index (χ4n) is 1.73. The van der Waals surface area contributed by atoms with Crippen LogP contribution in [0.15, 0.2) is 0 Å². The van der Waals surface area contributed by atoms with E-state index in [-0.39, 0.29) is 17.9 Å². The molecule has 0 aromatic heterocycles. The summed E-state index contributed by atoms with van der Waals surface area (Å²) in [4.78, 5) is 22.2. The third-order valence-electron chi connectivity index (χ3n) is 2.68. The predicted molar refractivity (Wildman–Crippen MR) is 53.4 cm³/mol. The number of carboxylic acid groups (broad SMARTS) is 1. The zero-order valence-electron chi connectivity index (χ0n) is 9.03. The van der Waals surface area contributed by atoms with Gasteiger partial charge in [0.05, 0.1) is 12.0 Å². The molecule has 0 radical (unpaired) electrons. The summed E-state index contributed by atoms with van der Waals surface area (Å²) in [6.45, 7) is 3.99. The van der Waals surface area contributed by atoms with E-state index in [2.05, 4.69) is 5.32 Å². The van der Waals surface area contributed by atoms with E-state index in [9.17, 15) is 9.59 Å².